The average Bonchev–Trinajstić information content (AvgIpc) is 3.12. The second-order valence-corrected chi connectivity index (χ2v) is 9.49. The third-order valence-corrected chi connectivity index (χ3v) is 6.84. The average molecular weight is 412 g/mol. The molecule has 2 fully saturated rings. The van der Waals surface area contributed by atoms with Gasteiger partial charge >= 0.3 is 0 Å². The Morgan fingerprint density at radius 1 is 0.967 bits per heavy atom. The Bertz CT molecular complexity index is 858. The van der Waals surface area contributed by atoms with Gasteiger partial charge in [-0.3, -0.25) is 14.6 Å². The number of benzene rings is 1. The van der Waals surface area contributed by atoms with Crippen LogP contribution in [0.2, 0.25) is 0 Å². The van der Waals surface area contributed by atoms with Crippen LogP contribution >= 0.6 is 0 Å². The highest BCUT2D eigenvalue weighted by Crippen LogP contribution is 2.25. The van der Waals surface area contributed by atoms with Gasteiger partial charge in [0.2, 0.25) is 5.91 Å². The van der Waals surface area contributed by atoms with Crippen molar-refractivity contribution in [3.8, 4) is 0 Å². The number of fused-ring (bicyclic) bond motifs is 1. The van der Waals surface area contributed by atoms with Crippen molar-refractivity contribution < 1.29 is 4.79 Å². The monoisotopic (exact) mass is 411 g/mol. The molecule has 2 saturated heterocycles. The first-order valence-corrected chi connectivity index (χ1v) is 11.6. The van der Waals surface area contributed by atoms with Crippen LogP contribution in [0.5, 0.6) is 0 Å². The number of hydrogen-bond acceptors (Lipinski definition) is 4. The molecule has 0 saturated carbocycles. The lowest BCUT2D eigenvalue weighted by atomic mass is 9.95. The minimum absolute atomic E-state index is 0.191. The van der Waals surface area contributed by atoms with E-state index < -0.39 is 0 Å². The highest BCUT2D eigenvalue weighted by Gasteiger charge is 2.31. The molecule has 0 unspecified atom stereocenters. The Hall–Kier alpha value is -1.92. The molecule has 2 aliphatic rings. The number of amides is 1. The third-order valence-electron chi connectivity index (χ3n) is 6.84. The van der Waals surface area contributed by atoms with Crippen molar-refractivity contribution in [2.24, 2.45) is 5.92 Å². The van der Waals surface area contributed by atoms with Crippen LogP contribution in [0.3, 0.4) is 0 Å². The zero-order valence-electron chi connectivity index (χ0n) is 19.0. The fraction of sp³-hybridized carbons (Fsp3) is 0.667. The Balaban J connectivity index is 1.34. The maximum absolute atomic E-state index is 13.0. The van der Waals surface area contributed by atoms with Crippen molar-refractivity contribution in [3.63, 3.8) is 0 Å². The van der Waals surface area contributed by atoms with E-state index in [0.717, 1.165) is 70.0 Å². The van der Waals surface area contributed by atoms with Gasteiger partial charge in [0.1, 0.15) is 5.82 Å². The van der Waals surface area contributed by atoms with Gasteiger partial charge in [0.25, 0.3) is 0 Å². The Kier molecular flexibility index (Phi) is 6.44. The second kappa shape index (κ2) is 9.06. The second-order valence-electron chi connectivity index (χ2n) is 9.49. The molecule has 1 aromatic heterocycles. The number of carbonyl (C=O) groups excluding carboxylic acids is 1. The summed E-state index contributed by atoms with van der Waals surface area (Å²) in [5, 5.41) is 0. The van der Waals surface area contributed by atoms with Gasteiger partial charge in [-0.25, -0.2) is 4.98 Å². The van der Waals surface area contributed by atoms with E-state index in [4.69, 9.17) is 4.98 Å². The summed E-state index contributed by atoms with van der Waals surface area (Å²) in [5.74, 6) is 1.71. The van der Waals surface area contributed by atoms with E-state index in [1.54, 1.807) is 0 Å². The number of imidazole rings is 1. The number of piperidine rings is 1. The minimum atomic E-state index is 0.191. The van der Waals surface area contributed by atoms with E-state index >= 15 is 0 Å². The van der Waals surface area contributed by atoms with E-state index in [2.05, 4.69) is 71.2 Å². The standard InChI is InChI=1S/C24H37N5O/c1-18(2)27-13-15-28(16-14-27)24(30)20-9-11-26(12-10-20)17-23-25-21-7-5-6-8-22(21)29(23)19(3)4/h5-8,18-20H,9-17H2,1-4H3. The summed E-state index contributed by atoms with van der Waals surface area (Å²) in [4.78, 5) is 25.0. The summed E-state index contributed by atoms with van der Waals surface area (Å²) in [6, 6.07) is 9.36. The van der Waals surface area contributed by atoms with E-state index in [0.29, 0.717) is 18.0 Å². The van der Waals surface area contributed by atoms with Crippen LogP contribution in [0.1, 0.15) is 52.4 Å². The number of rotatable bonds is 5. The van der Waals surface area contributed by atoms with Crippen molar-refractivity contribution in [1.82, 2.24) is 24.3 Å². The van der Waals surface area contributed by atoms with Gasteiger partial charge in [-0.15, -0.1) is 0 Å². The first-order chi connectivity index (χ1) is 14.4. The smallest absolute Gasteiger partial charge is 0.225 e. The van der Waals surface area contributed by atoms with Crippen molar-refractivity contribution >= 4 is 16.9 Å². The maximum atomic E-state index is 13.0. The molecule has 0 aliphatic carbocycles. The number of nitrogens with zero attached hydrogens (tertiary/aromatic N) is 5. The predicted molar refractivity (Wildman–Crippen MR) is 121 cm³/mol. The fourth-order valence-corrected chi connectivity index (χ4v) is 5.04. The molecule has 0 bridgehead atoms. The lowest BCUT2D eigenvalue weighted by molar-refractivity contribution is -0.139. The topological polar surface area (TPSA) is 44.6 Å². The van der Waals surface area contributed by atoms with Gasteiger partial charge < -0.3 is 9.47 Å². The summed E-state index contributed by atoms with van der Waals surface area (Å²) in [6.45, 7) is 15.5. The highest BCUT2D eigenvalue weighted by atomic mass is 16.2. The van der Waals surface area contributed by atoms with Crippen LogP contribution in [0.25, 0.3) is 11.0 Å². The number of para-hydroxylation sites is 2. The van der Waals surface area contributed by atoms with Crippen molar-refractivity contribution in [2.45, 2.75) is 59.2 Å². The summed E-state index contributed by atoms with van der Waals surface area (Å²) in [7, 11) is 0. The first kappa shape index (κ1) is 21.3. The zero-order chi connectivity index (χ0) is 21.3. The molecule has 4 rings (SSSR count). The molecule has 1 aromatic carbocycles. The van der Waals surface area contributed by atoms with Crippen LogP contribution in [0.4, 0.5) is 0 Å². The number of piperazine rings is 1. The largest absolute Gasteiger partial charge is 0.340 e. The van der Waals surface area contributed by atoms with Crippen molar-refractivity contribution in [2.75, 3.05) is 39.3 Å². The molecule has 2 aromatic rings. The molecule has 0 atom stereocenters. The zero-order valence-corrected chi connectivity index (χ0v) is 19.0. The molecule has 1 amide bonds. The van der Waals surface area contributed by atoms with Crippen LogP contribution < -0.4 is 0 Å². The van der Waals surface area contributed by atoms with E-state index in [9.17, 15) is 4.79 Å². The van der Waals surface area contributed by atoms with Gasteiger partial charge in [-0.2, -0.15) is 0 Å². The predicted octanol–water partition coefficient (Wildman–Crippen LogP) is 3.38. The molecule has 3 heterocycles. The molecule has 0 radical (unpaired) electrons. The van der Waals surface area contributed by atoms with E-state index in [1.807, 2.05) is 0 Å². The van der Waals surface area contributed by atoms with Crippen LogP contribution in [0.15, 0.2) is 24.3 Å². The molecule has 30 heavy (non-hydrogen) atoms. The number of carbonyl (C=O) groups is 1. The van der Waals surface area contributed by atoms with Gasteiger partial charge in [0.15, 0.2) is 0 Å². The quantitative estimate of drug-likeness (QED) is 0.757. The highest BCUT2D eigenvalue weighted by molar-refractivity contribution is 5.79. The maximum Gasteiger partial charge on any atom is 0.225 e. The molecular formula is C24H37N5O. The fourth-order valence-electron chi connectivity index (χ4n) is 5.04. The number of aromatic nitrogens is 2. The lowest BCUT2D eigenvalue weighted by Gasteiger charge is -2.39. The summed E-state index contributed by atoms with van der Waals surface area (Å²) in [5.41, 5.74) is 2.29. The van der Waals surface area contributed by atoms with Gasteiger partial charge in [0, 0.05) is 44.2 Å². The summed E-state index contributed by atoms with van der Waals surface area (Å²) >= 11 is 0. The van der Waals surface area contributed by atoms with Gasteiger partial charge in [-0.1, -0.05) is 12.1 Å². The normalized spacial score (nSPS) is 20.0. The van der Waals surface area contributed by atoms with Crippen LogP contribution in [-0.2, 0) is 11.3 Å². The van der Waals surface area contributed by atoms with Crippen LogP contribution in [-0.4, -0.2) is 75.5 Å². The van der Waals surface area contributed by atoms with Gasteiger partial charge in [-0.05, 0) is 65.8 Å². The summed E-state index contributed by atoms with van der Waals surface area (Å²) in [6.07, 6.45) is 1.93. The van der Waals surface area contributed by atoms with Gasteiger partial charge in [0.05, 0.1) is 17.6 Å². The molecule has 6 nitrogen and oxygen atoms in total. The molecular weight excluding hydrogens is 374 g/mol. The SMILES string of the molecule is CC(C)N1CCN(C(=O)C2CCN(Cc3nc4ccccc4n3C(C)C)CC2)CC1. The number of likely N-dealkylation sites (tertiary alicyclic amines) is 1. The Labute approximate surface area is 180 Å². The Morgan fingerprint density at radius 3 is 2.27 bits per heavy atom. The molecule has 6 heteroatoms. The lowest BCUT2D eigenvalue weighted by Crippen LogP contribution is -2.53. The molecule has 0 N–H and O–H groups in total. The third kappa shape index (κ3) is 4.40. The molecule has 2 aliphatic heterocycles. The molecule has 0 spiro atoms. The van der Waals surface area contributed by atoms with E-state index in [-0.39, 0.29) is 5.92 Å². The molecule has 164 valence electrons. The van der Waals surface area contributed by atoms with Crippen molar-refractivity contribution in [3.05, 3.63) is 30.1 Å². The Morgan fingerprint density at radius 2 is 1.63 bits per heavy atom. The van der Waals surface area contributed by atoms with Crippen LogP contribution in [0, 0.1) is 5.92 Å². The van der Waals surface area contributed by atoms with Crippen molar-refractivity contribution in [1.29, 1.82) is 0 Å². The summed E-state index contributed by atoms with van der Waals surface area (Å²) < 4.78 is 2.36. The van der Waals surface area contributed by atoms with E-state index in [1.165, 1.54) is 5.52 Å². The first-order valence-electron chi connectivity index (χ1n) is 11.6. The minimum Gasteiger partial charge on any atom is -0.340 e. The number of hydrogen-bond donors (Lipinski definition) is 0.